The van der Waals surface area contributed by atoms with Gasteiger partial charge in [0.1, 0.15) is 18.2 Å². The Labute approximate surface area is 166 Å². The molecule has 3 nitrogen and oxygen atoms in total. The molecule has 4 aromatic rings. The van der Waals surface area contributed by atoms with Gasteiger partial charge in [-0.3, -0.25) is 0 Å². The van der Waals surface area contributed by atoms with E-state index in [1.807, 2.05) is 18.2 Å². The summed E-state index contributed by atoms with van der Waals surface area (Å²) < 4.78 is 8.35. The summed E-state index contributed by atoms with van der Waals surface area (Å²) in [7, 11) is 0. The molecule has 3 heteroatoms. The van der Waals surface area contributed by atoms with Gasteiger partial charge in [0.25, 0.3) is 0 Å². The van der Waals surface area contributed by atoms with Gasteiger partial charge in [0.05, 0.1) is 11.0 Å². The van der Waals surface area contributed by atoms with E-state index in [2.05, 4.69) is 72.2 Å². The molecule has 0 spiro atoms. The van der Waals surface area contributed by atoms with Crippen molar-refractivity contribution in [3.8, 4) is 5.75 Å². The Bertz CT molecular complexity index is 1020. The predicted octanol–water partition coefficient (Wildman–Crippen LogP) is 5.81. The number of rotatable bonds is 8. The number of imidazole rings is 1. The zero-order chi connectivity index (χ0) is 19.2. The van der Waals surface area contributed by atoms with Crippen LogP contribution in [0.5, 0.6) is 5.75 Å². The minimum absolute atomic E-state index is 0.478. The Balaban J connectivity index is 1.49. The highest BCUT2D eigenvalue weighted by Gasteiger charge is 2.11. The van der Waals surface area contributed by atoms with Crippen molar-refractivity contribution in [3.63, 3.8) is 0 Å². The van der Waals surface area contributed by atoms with Crippen LogP contribution in [0.25, 0.3) is 11.0 Å². The summed E-state index contributed by atoms with van der Waals surface area (Å²) in [6, 6.07) is 27.3. The zero-order valence-corrected chi connectivity index (χ0v) is 16.3. The monoisotopic (exact) mass is 370 g/mol. The van der Waals surface area contributed by atoms with E-state index in [0.717, 1.165) is 42.9 Å². The lowest BCUT2D eigenvalue weighted by atomic mass is 10.1. The van der Waals surface area contributed by atoms with Crippen LogP contribution in [-0.4, -0.2) is 9.55 Å². The molecule has 0 aliphatic rings. The lowest BCUT2D eigenvalue weighted by Crippen LogP contribution is -2.08. The molecule has 0 fully saturated rings. The van der Waals surface area contributed by atoms with Crippen molar-refractivity contribution in [2.75, 3.05) is 0 Å². The van der Waals surface area contributed by atoms with E-state index < -0.39 is 0 Å². The average molecular weight is 370 g/mol. The molecule has 28 heavy (non-hydrogen) atoms. The van der Waals surface area contributed by atoms with Crippen LogP contribution in [0.2, 0.25) is 0 Å². The van der Waals surface area contributed by atoms with Crippen molar-refractivity contribution in [1.29, 1.82) is 0 Å². The Kier molecular flexibility index (Phi) is 5.72. The van der Waals surface area contributed by atoms with Crippen LogP contribution in [0.4, 0.5) is 0 Å². The van der Waals surface area contributed by atoms with Gasteiger partial charge in [-0.05, 0) is 54.7 Å². The summed E-state index contributed by atoms with van der Waals surface area (Å²) in [5.41, 5.74) is 4.90. The van der Waals surface area contributed by atoms with E-state index in [4.69, 9.17) is 9.72 Å². The van der Waals surface area contributed by atoms with Crippen LogP contribution in [0.1, 0.15) is 30.3 Å². The summed E-state index contributed by atoms with van der Waals surface area (Å²) in [5.74, 6) is 1.87. The molecule has 0 saturated heterocycles. The number of ether oxygens (including phenoxy) is 1. The van der Waals surface area contributed by atoms with Gasteiger partial charge in [-0.15, -0.1) is 0 Å². The minimum Gasteiger partial charge on any atom is -0.486 e. The Morgan fingerprint density at radius 2 is 1.57 bits per heavy atom. The normalized spacial score (nSPS) is 11.0. The van der Waals surface area contributed by atoms with Gasteiger partial charge in [0, 0.05) is 6.54 Å². The predicted molar refractivity (Wildman–Crippen MR) is 115 cm³/mol. The summed E-state index contributed by atoms with van der Waals surface area (Å²) in [6.07, 6.45) is 3.17. The number of para-hydroxylation sites is 2. The maximum Gasteiger partial charge on any atom is 0.147 e. The second kappa shape index (κ2) is 8.75. The highest BCUT2D eigenvalue weighted by molar-refractivity contribution is 5.75. The van der Waals surface area contributed by atoms with Crippen LogP contribution in [0.15, 0.2) is 78.9 Å². The zero-order valence-electron chi connectivity index (χ0n) is 16.3. The fourth-order valence-electron chi connectivity index (χ4n) is 3.54. The molecule has 0 aliphatic heterocycles. The van der Waals surface area contributed by atoms with E-state index in [1.165, 1.54) is 16.6 Å². The van der Waals surface area contributed by atoms with Crippen LogP contribution in [-0.2, 0) is 26.0 Å². The van der Waals surface area contributed by atoms with Gasteiger partial charge in [-0.2, -0.15) is 0 Å². The molecule has 1 heterocycles. The van der Waals surface area contributed by atoms with Crippen molar-refractivity contribution < 1.29 is 4.74 Å². The van der Waals surface area contributed by atoms with Crippen molar-refractivity contribution in [1.82, 2.24) is 9.55 Å². The minimum atomic E-state index is 0.478. The van der Waals surface area contributed by atoms with Crippen LogP contribution >= 0.6 is 0 Å². The summed E-state index contributed by atoms with van der Waals surface area (Å²) >= 11 is 0. The van der Waals surface area contributed by atoms with Crippen molar-refractivity contribution >= 4 is 11.0 Å². The second-order valence-electron chi connectivity index (χ2n) is 7.04. The maximum atomic E-state index is 6.04. The van der Waals surface area contributed by atoms with E-state index in [9.17, 15) is 0 Å². The quantitative estimate of drug-likeness (QED) is 0.391. The molecule has 0 unspecified atom stereocenters. The molecule has 0 amide bonds. The number of aromatic nitrogens is 2. The third kappa shape index (κ3) is 4.25. The van der Waals surface area contributed by atoms with Crippen molar-refractivity contribution in [2.24, 2.45) is 0 Å². The molecular weight excluding hydrogens is 344 g/mol. The lowest BCUT2D eigenvalue weighted by molar-refractivity contribution is 0.289. The van der Waals surface area contributed by atoms with Crippen LogP contribution in [0, 0.1) is 0 Å². The third-order valence-electron chi connectivity index (χ3n) is 5.12. The Morgan fingerprint density at radius 3 is 2.36 bits per heavy atom. The molecule has 0 N–H and O–H groups in total. The molecule has 0 radical (unpaired) electrons. The first-order valence-electron chi connectivity index (χ1n) is 10.0. The van der Waals surface area contributed by atoms with E-state index >= 15 is 0 Å². The number of hydrogen-bond acceptors (Lipinski definition) is 2. The highest BCUT2D eigenvalue weighted by atomic mass is 16.5. The van der Waals surface area contributed by atoms with Crippen molar-refractivity contribution in [3.05, 3.63) is 95.8 Å². The maximum absolute atomic E-state index is 6.04. The number of nitrogens with zero attached hydrogens (tertiary/aromatic N) is 2. The SMILES string of the molecule is CCc1ccc(OCc2nc3ccccc3n2CCCc2ccccc2)cc1. The number of fused-ring (bicyclic) bond motifs is 1. The largest absolute Gasteiger partial charge is 0.486 e. The second-order valence-corrected chi connectivity index (χ2v) is 7.04. The highest BCUT2D eigenvalue weighted by Crippen LogP contribution is 2.20. The van der Waals surface area contributed by atoms with Gasteiger partial charge in [-0.25, -0.2) is 4.98 Å². The molecule has 0 aliphatic carbocycles. The number of benzene rings is 3. The smallest absolute Gasteiger partial charge is 0.147 e. The summed E-state index contributed by atoms with van der Waals surface area (Å²) in [6.45, 7) is 3.57. The van der Waals surface area contributed by atoms with Crippen LogP contribution < -0.4 is 4.74 Å². The van der Waals surface area contributed by atoms with Gasteiger partial charge < -0.3 is 9.30 Å². The third-order valence-corrected chi connectivity index (χ3v) is 5.12. The van der Waals surface area contributed by atoms with E-state index in [-0.39, 0.29) is 0 Å². The van der Waals surface area contributed by atoms with E-state index in [0.29, 0.717) is 6.61 Å². The van der Waals surface area contributed by atoms with E-state index in [1.54, 1.807) is 0 Å². The van der Waals surface area contributed by atoms with Crippen molar-refractivity contribution in [2.45, 2.75) is 39.3 Å². The topological polar surface area (TPSA) is 27.1 Å². The van der Waals surface area contributed by atoms with Gasteiger partial charge in [0.15, 0.2) is 0 Å². The van der Waals surface area contributed by atoms with Gasteiger partial charge in [-0.1, -0.05) is 61.5 Å². The standard InChI is InChI=1S/C25H26N2O/c1-2-20-14-16-22(17-15-20)28-19-25-26-23-12-6-7-13-24(23)27(25)18-8-11-21-9-4-3-5-10-21/h3-7,9-10,12-17H,2,8,11,18-19H2,1H3. The van der Waals surface area contributed by atoms with Crippen LogP contribution in [0.3, 0.4) is 0 Å². The first kappa shape index (κ1) is 18.3. The average Bonchev–Trinajstić information content (AvgIpc) is 3.11. The lowest BCUT2D eigenvalue weighted by Gasteiger charge is -2.11. The first-order chi connectivity index (χ1) is 13.8. The molecule has 1 aromatic heterocycles. The fourth-order valence-corrected chi connectivity index (χ4v) is 3.54. The molecule has 0 saturated carbocycles. The molecule has 0 atom stereocenters. The molecule has 4 rings (SSSR count). The molecule has 3 aromatic carbocycles. The number of aryl methyl sites for hydroxylation is 3. The molecule has 142 valence electrons. The summed E-state index contributed by atoms with van der Waals surface area (Å²) in [5, 5.41) is 0. The van der Waals surface area contributed by atoms with Gasteiger partial charge >= 0.3 is 0 Å². The number of hydrogen-bond donors (Lipinski definition) is 0. The molecular formula is C25H26N2O. The first-order valence-corrected chi connectivity index (χ1v) is 10.0. The Morgan fingerprint density at radius 1 is 0.821 bits per heavy atom. The Hall–Kier alpha value is -3.07. The van der Waals surface area contributed by atoms with Gasteiger partial charge in [0.2, 0.25) is 0 Å². The molecule has 0 bridgehead atoms. The summed E-state index contributed by atoms with van der Waals surface area (Å²) in [4.78, 5) is 4.83. The fraction of sp³-hybridized carbons (Fsp3) is 0.240.